The molecule has 0 aliphatic heterocycles. The molecule has 0 N–H and O–H groups in total. The Kier molecular flexibility index (Phi) is 4.29. The first-order valence-corrected chi connectivity index (χ1v) is 10.2. The lowest BCUT2D eigenvalue weighted by molar-refractivity contribution is 1.50. The standard InChI is InChI=1S/C20H19PS/c1-16-10-6-8-14-19(16)21(22,18-12-4-3-5-13-18)20-15-9-7-11-17(20)2/h3-15H,1-2H3. The molecule has 0 spiro atoms. The van der Waals surface area contributed by atoms with E-state index in [2.05, 4.69) is 92.7 Å². The Labute approximate surface area is 137 Å². The van der Waals surface area contributed by atoms with Crippen molar-refractivity contribution in [3.8, 4) is 0 Å². The third-order valence-corrected chi connectivity index (χ3v) is 9.23. The van der Waals surface area contributed by atoms with E-state index in [0.717, 1.165) is 0 Å². The van der Waals surface area contributed by atoms with Crippen LogP contribution >= 0.6 is 6.04 Å². The molecule has 3 aromatic rings. The van der Waals surface area contributed by atoms with Gasteiger partial charge in [-0.05, 0) is 40.9 Å². The van der Waals surface area contributed by atoms with E-state index in [4.69, 9.17) is 11.8 Å². The Morgan fingerprint density at radius 1 is 0.591 bits per heavy atom. The lowest BCUT2D eigenvalue weighted by atomic mass is 10.2. The molecule has 0 amide bonds. The van der Waals surface area contributed by atoms with E-state index in [1.165, 1.54) is 27.0 Å². The molecule has 0 saturated carbocycles. The summed E-state index contributed by atoms with van der Waals surface area (Å²) < 4.78 is 0. The summed E-state index contributed by atoms with van der Waals surface area (Å²) in [6, 6.07) is 25.7. The maximum atomic E-state index is 6.39. The first-order valence-electron chi connectivity index (χ1n) is 7.42. The van der Waals surface area contributed by atoms with E-state index < -0.39 is 6.04 Å². The maximum absolute atomic E-state index is 6.39. The Bertz CT molecular complexity index is 788. The number of aryl methyl sites for hydroxylation is 2. The molecule has 0 nitrogen and oxygen atoms in total. The fraction of sp³-hybridized carbons (Fsp3) is 0.100. The molecule has 22 heavy (non-hydrogen) atoms. The van der Waals surface area contributed by atoms with Gasteiger partial charge >= 0.3 is 0 Å². The van der Waals surface area contributed by atoms with Crippen LogP contribution in [-0.4, -0.2) is 0 Å². The molecule has 0 saturated heterocycles. The van der Waals surface area contributed by atoms with E-state index in [-0.39, 0.29) is 0 Å². The van der Waals surface area contributed by atoms with Crippen LogP contribution in [0.25, 0.3) is 0 Å². The summed E-state index contributed by atoms with van der Waals surface area (Å²) in [6.07, 6.45) is 0. The van der Waals surface area contributed by atoms with Gasteiger partial charge in [-0.25, -0.2) is 0 Å². The Balaban J connectivity index is 2.37. The first-order chi connectivity index (χ1) is 10.6. The van der Waals surface area contributed by atoms with E-state index in [9.17, 15) is 0 Å². The van der Waals surface area contributed by atoms with Gasteiger partial charge in [-0.15, -0.1) is 0 Å². The quantitative estimate of drug-likeness (QED) is 0.655. The van der Waals surface area contributed by atoms with Crippen molar-refractivity contribution < 1.29 is 0 Å². The van der Waals surface area contributed by atoms with Crippen molar-refractivity contribution in [1.29, 1.82) is 0 Å². The summed E-state index contributed by atoms with van der Waals surface area (Å²) in [7, 11) is 0. The van der Waals surface area contributed by atoms with Crippen LogP contribution < -0.4 is 15.9 Å². The number of hydrogen-bond acceptors (Lipinski definition) is 1. The fourth-order valence-electron chi connectivity index (χ4n) is 2.88. The minimum atomic E-state index is -2.02. The van der Waals surface area contributed by atoms with Crippen LogP contribution in [0.5, 0.6) is 0 Å². The van der Waals surface area contributed by atoms with Crippen molar-refractivity contribution in [3.63, 3.8) is 0 Å². The maximum Gasteiger partial charge on any atom is 0.0384 e. The average Bonchev–Trinajstić information content (AvgIpc) is 2.56. The van der Waals surface area contributed by atoms with Gasteiger partial charge in [-0.2, -0.15) is 0 Å². The Hall–Kier alpha value is -1.69. The van der Waals surface area contributed by atoms with Crippen LogP contribution in [0.3, 0.4) is 0 Å². The first kappa shape index (κ1) is 15.2. The van der Waals surface area contributed by atoms with Crippen LogP contribution in [0.2, 0.25) is 0 Å². The van der Waals surface area contributed by atoms with Crippen LogP contribution in [0, 0.1) is 13.8 Å². The summed E-state index contributed by atoms with van der Waals surface area (Å²) in [5.74, 6) is 0. The van der Waals surface area contributed by atoms with Crippen LogP contribution in [0.4, 0.5) is 0 Å². The van der Waals surface area contributed by atoms with Gasteiger partial charge in [0.2, 0.25) is 0 Å². The third-order valence-electron chi connectivity index (χ3n) is 4.03. The highest BCUT2D eigenvalue weighted by atomic mass is 32.4. The summed E-state index contributed by atoms with van der Waals surface area (Å²) in [5.41, 5.74) is 2.55. The highest BCUT2D eigenvalue weighted by Crippen LogP contribution is 2.44. The highest BCUT2D eigenvalue weighted by Gasteiger charge is 2.27. The molecule has 110 valence electrons. The van der Waals surface area contributed by atoms with E-state index in [0.29, 0.717) is 0 Å². The lowest BCUT2D eigenvalue weighted by Gasteiger charge is -2.27. The van der Waals surface area contributed by atoms with Gasteiger partial charge in [0.15, 0.2) is 0 Å². The van der Waals surface area contributed by atoms with E-state index >= 15 is 0 Å². The van der Waals surface area contributed by atoms with Gasteiger partial charge in [-0.1, -0.05) is 90.7 Å². The van der Waals surface area contributed by atoms with E-state index in [1.807, 2.05) is 0 Å². The van der Waals surface area contributed by atoms with Gasteiger partial charge in [0, 0.05) is 6.04 Å². The van der Waals surface area contributed by atoms with Gasteiger partial charge in [0.25, 0.3) is 0 Å². The zero-order valence-corrected chi connectivity index (χ0v) is 14.6. The van der Waals surface area contributed by atoms with Crippen molar-refractivity contribution in [2.75, 3.05) is 0 Å². The van der Waals surface area contributed by atoms with Crippen molar-refractivity contribution in [1.82, 2.24) is 0 Å². The smallest absolute Gasteiger partial charge is 0.0384 e. The zero-order valence-electron chi connectivity index (χ0n) is 12.9. The second-order valence-corrected chi connectivity index (χ2v) is 9.86. The average molecular weight is 322 g/mol. The van der Waals surface area contributed by atoms with Crippen molar-refractivity contribution in [3.05, 3.63) is 90.0 Å². The second-order valence-electron chi connectivity index (χ2n) is 5.52. The molecule has 0 aromatic heterocycles. The molecule has 0 aliphatic rings. The largest absolute Gasteiger partial charge is 0.0826 e. The number of rotatable bonds is 3. The summed E-state index contributed by atoms with van der Waals surface area (Å²) in [4.78, 5) is 0. The van der Waals surface area contributed by atoms with Crippen LogP contribution in [0.15, 0.2) is 78.9 Å². The fourth-order valence-corrected chi connectivity index (χ4v) is 7.62. The SMILES string of the molecule is Cc1ccccc1P(=S)(c1ccccc1)c1ccccc1C. The minimum Gasteiger partial charge on any atom is -0.0826 e. The molecule has 0 fully saturated rings. The normalized spacial score (nSPS) is 11.4. The van der Waals surface area contributed by atoms with E-state index in [1.54, 1.807) is 0 Å². The molecular formula is C20H19PS. The van der Waals surface area contributed by atoms with Gasteiger partial charge < -0.3 is 0 Å². The third kappa shape index (κ3) is 2.56. The predicted octanol–water partition coefficient (Wildman–Crippen LogP) is 4.06. The number of benzene rings is 3. The van der Waals surface area contributed by atoms with Crippen molar-refractivity contribution in [2.45, 2.75) is 13.8 Å². The van der Waals surface area contributed by atoms with Gasteiger partial charge in [-0.3, -0.25) is 0 Å². The summed E-state index contributed by atoms with van der Waals surface area (Å²) in [6.45, 7) is 4.33. The molecule has 0 aliphatic carbocycles. The van der Waals surface area contributed by atoms with Crippen LogP contribution in [-0.2, 0) is 11.8 Å². The zero-order chi connectivity index (χ0) is 15.6. The molecule has 0 bridgehead atoms. The molecule has 0 heterocycles. The molecule has 3 aromatic carbocycles. The molecule has 2 heteroatoms. The minimum absolute atomic E-state index is 1.26. The van der Waals surface area contributed by atoms with Crippen molar-refractivity contribution >= 4 is 33.8 Å². The lowest BCUT2D eigenvalue weighted by Crippen LogP contribution is -2.27. The topological polar surface area (TPSA) is 0 Å². The predicted molar refractivity (Wildman–Crippen MR) is 102 cm³/mol. The second kappa shape index (κ2) is 6.20. The summed E-state index contributed by atoms with van der Waals surface area (Å²) >= 11 is 6.39. The highest BCUT2D eigenvalue weighted by molar-refractivity contribution is 8.25. The molecule has 0 radical (unpaired) electrons. The van der Waals surface area contributed by atoms with Crippen molar-refractivity contribution in [2.24, 2.45) is 0 Å². The summed E-state index contributed by atoms with van der Waals surface area (Å²) in [5, 5.41) is 3.85. The number of hydrogen-bond donors (Lipinski definition) is 0. The Morgan fingerprint density at radius 3 is 1.45 bits per heavy atom. The Morgan fingerprint density at radius 2 is 1.00 bits per heavy atom. The van der Waals surface area contributed by atoms with Gasteiger partial charge in [0.1, 0.15) is 0 Å². The molecule has 0 atom stereocenters. The molecule has 0 unspecified atom stereocenters. The van der Waals surface area contributed by atoms with Gasteiger partial charge in [0.05, 0.1) is 0 Å². The molecule has 3 rings (SSSR count). The van der Waals surface area contributed by atoms with Crippen LogP contribution in [0.1, 0.15) is 11.1 Å². The monoisotopic (exact) mass is 322 g/mol. The molecular weight excluding hydrogens is 303 g/mol.